The fourth-order valence-electron chi connectivity index (χ4n) is 2.25. The van der Waals surface area contributed by atoms with Crippen LogP contribution in [0.3, 0.4) is 0 Å². The Morgan fingerprint density at radius 2 is 2.04 bits per heavy atom. The maximum absolute atomic E-state index is 5.17. The highest BCUT2D eigenvalue weighted by Crippen LogP contribution is 2.07. The van der Waals surface area contributed by atoms with Crippen LogP contribution < -0.4 is 10.6 Å². The second-order valence-corrected chi connectivity index (χ2v) is 5.25. The van der Waals surface area contributed by atoms with Crippen molar-refractivity contribution in [2.45, 2.75) is 26.6 Å². The van der Waals surface area contributed by atoms with Crippen molar-refractivity contribution in [3.05, 3.63) is 53.3 Å². The van der Waals surface area contributed by atoms with Gasteiger partial charge in [-0.05, 0) is 24.1 Å². The van der Waals surface area contributed by atoms with E-state index in [4.69, 9.17) is 4.74 Å². The van der Waals surface area contributed by atoms with Crippen molar-refractivity contribution in [1.82, 2.24) is 20.4 Å². The Labute approximate surface area is 160 Å². The molecule has 0 unspecified atom stereocenters. The third kappa shape index (κ3) is 6.48. The van der Waals surface area contributed by atoms with Gasteiger partial charge in [0.25, 0.3) is 0 Å². The van der Waals surface area contributed by atoms with Gasteiger partial charge < -0.3 is 15.4 Å². The molecule has 1 heterocycles. The summed E-state index contributed by atoms with van der Waals surface area (Å²) < 4.78 is 7.02. The Kier molecular flexibility index (Phi) is 9.39. The summed E-state index contributed by atoms with van der Waals surface area (Å²) in [6.45, 7) is 4.81. The smallest absolute Gasteiger partial charge is 0.191 e. The first-order valence-electron chi connectivity index (χ1n) is 7.78. The first kappa shape index (κ1) is 20.4. The second-order valence-electron chi connectivity index (χ2n) is 5.25. The highest BCUT2D eigenvalue weighted by atomic mass is 127. The molecule has 0 spiro atoms. The molecule has 2 N–H and O–H groups in total. The second kappa shape index (κ2) is 11.0. The molecule has 0 radical (unpaired) electrons. The van der Waals surface area contributed by atoms with E-state index >= 15 is 0 Å². The predicted octanol–water partition coefficient (Wildman–Crippen LogP) is 2.44. The van der Waals surface area contributed by atoms with Crippen molar-refractivity contribution < 1.29 is 4.74 Å². The lowest BCUT2D eigenvalue weighted by atomic mass is 10.1. The maximum Gasteiger partial charge on any atom is 0.191 e. The molecule has 1 aromatic heterocycles. The van der Waals surface area contributed by atoms with E-state index in [0.29, 0.717) is 19.7 Å². The van der Waals surface area contributed by atoms with Crippen molar-refractivity contribution in [3.63, 3.8) is 0 Å². The van der Waals surface area contributed by atoms with Gasteiger partial charge in [0.05, 0.1) is 25.4 Å². The number of nitrogens with one attached hydrogen (secondary N) is 2. The Morgan fingerprint density at radius 1 is 1.25 bits per heavy atom. The zero-order valence-corrected chi connectivity index (χ0v) is 16.8. The van der Waals surface area contributed by atoms with Crippen LogP contribution in [0, 0.1) is 0 Å². The number of methoxy groups -OCH3 is 1. The highest BCUT2D eigenvalue weighted by molar-refractivity contribution is 14.0. The van der Waals surface area contributed by atoms with Gasteiger partial charge in [0.1, 0.15) is 0 Å². The summed E-state index contributed by atoms with van der Waals surface area (Å²) in [5.41, 5.74) is 3.43. The largest absolute Gasteiger partial charge is 0.380 e. The Hall–Kier alpha value is -1.61. The number of halogens is 1. The number of hydrogen-bond donors (Lipinski definition) is 2. The quantitative estimate of drug-likeness (QED) is 0.392. The van der Waals surface area contributed by atoms with Gasteiger partial charge in [0.15, 0.2) is 5.96 Å². The van der Waals surface area contributed by atoms with E-state index < -0.39 is 0 Å². The molecule has 0 saturated carbocycles. The third-order valence-corrected chi connectivity index (χ3v) is 3.43. The first-order valence-corrected chi connectivity index (χ1v) is 7.78. The predicted molar refractivity (Wildman–Crippen MR) is 107 cm³/mol. The minimum Gasteiger partial charge on any atom is -0.380 e. The lowest BCUT2D eigenvalue weighted by Crippen LogP contribution is -2.37. The van der Waals surface area contributed by atoms with E-state index in [-0.39, 0.29) is 24.0 Å². The number of aromatic nitrogens is 2. The van der Waals surface area contributed by atoms with Crippen LogP contribution in [0.15, 0.2) is 41.5 Å². The third-order valence-electron chi connectivity index (χ3n) is 3.43. The topological polar surface area (TPSA) is 63.5 Å². The molecule has 0 bridgehead atoms. The number of benzene rings is 1. The summed E-state index contributed by atoms with van der Waals surface area (Å²) in [5.74, 6) is 0.797. The Balaban J connectivity index is 0.00000288. The van der Waals surface area contributed by atoms with E-state index in [1.807, 2.05) is 23.9 Å². The molecular weight excluding hydrogens is 417 g/mol. The summed E-state index contributed by atoms with van der Waals surface area (Å²) in [6, 6.07) is 10.3. The van der Waals surface area contributed by atoms with E-state index in [1.165, 1.54) is 0 Å². The van der Waals surface area contributed by atoms with Gasteiger partial charge in [-0.1, -0.05) is 24.3 Å². The standard InChI is InChI=1S/C17H25N5O.HI/c1-4-18-17(20-12-16-8-9-21-22(16)2)19-11-14-6-5-7-15(10-14)13-23-3;/h5-10H,4,11-13H2,1-3H3,(H2,18,19,20);1H. The number of hydrogen-bond acceptors (Lipinski definition) is 3. The zero-order chi connectivity index (χ0) is 16.5. The minimum atomic E-state index is 0. The van der Waals surface area contributed by atoms with E-state index in [1.54, 1.807) is 13.3 Å². The van der Waals surface area contributed by atoms with Gasteiger partial charge in [-0.25, -0.2) is 4.99 Å². The molecule has 0 saturated heterocycles. The monoisotopic (exact) mass is 443 g/mol. The van der Waals surface area contributed by atoms with Crippen molar-refractivity contribution in [2.75, 3.05) is 13.7 Å². The average Bonchev–Trinajstić information content (AvgIpc) is 2.96. The van der Waals surface area contributed by atoms with Crippen LogP contribution in [0.1, 0.15) is 23.7 Å². The molecule has 0 fully saturated rings. The first-order chi connectivity index (χ1) is 11.2. The number of aliphatic imine (C=N–C) groups is 1. The molecular formula is C17H26IN5O. The molecule has 132 valence electrons. The molecule has 0 atom stereocenters. The minimum absolute atomic E-state index is 0. The van der Waals surface area contributed by atoms with Gasteiger partial charge in [-0.15, -0.1) is 24.0 Å². The lowest BCUT2D eigenvalue weighted by Gasteiger charge is -2.11. The number of nitrogens with zero attached hydrogens (tertiary/aromatic N) is 3. The molecule has 0 aliphatic rings. The Morgan fingerprint density at radius 3 is 2.71 bits per heavy atom. The summed E-state index contributed by atoms with van der Waals surface area (Å²) in [7, 11) is 3.64. The molecule has 1 aromatic carbocycles. The fourth-order valence-corrected chi connectivity index (χ4v) is 2.25. The van der Waals surface area contributed by atoms with Crippen LogP contribution in [-0.4, -0.2) is 29.4 Å². The Bertz CT molecular complexity index is 641. The summed E-state index contributed by atoms with van der Waals surface area (Å²) in [5, 5.41) is 10.8. The lowest BCUT2D eigenvalue weighted by molar-refractivity contribution is 0.185. The molecule has 7 heteroatoms. The number of rotatable bonds is 7. The van der Waals surface area contributed by atoms with Crippen LogP contribution in [0.25, 0.3) is 0 Å². The van der Waals surface area contributed by atoms with Crippen LogP contribution in [-0.2, 0) is 31.5 Å². The van der Waals surface area contributed by atoms with Crippen molar-refractivity contribution >= 4 is 29.9 Å². The molecule has 0 aliphatic carbocycles. The SMILES string of the molecule is CCNC(=NCc1cccc(COC)c1)NCc1ccnn1C.I. The van der Waals surface area contributed by atoms with E-state index in [9.17, 15) is 0 Å². The van der Waals surface area contributed by atoms with Crippen LogP contribution in [0.4, 0.5) is 0 Å². The van der Waals surface area contributed by atoms with Crippen LogP contribution in [0.2, 0.25) is 0 Å². The maximum atomic E-state index is 5.17. The van der Waals surface area contributed by atoms with Crippen molar-refractivity contribution in [3.8, 4) is 0 Å². The van der Waals surface area contributed by atoms with Crippen LogP contribution >= 0.6 is 24.0 Å². The molecule has 0 amide bonds. The van der Waals surface area contributed by atoms with Gasteiger partial charge in [0, 0.05) is 26.9 Å². The number of guanidine groups is 1. The van der Waals surface area contributed by atoms with E-state index in [0.717, 1.165) is 29.3 Å². The van der Waals surface area contributed by atoms with Gasteiger partial charge >= 0.3 is 0 Å². The zero-order valence-electron chi connectivity index (χ0n) is 14.5. The molecule has 6 nitrogen and oxygen atoms in total. The van der Waals surface area contributed by atoms with Crippen molar-refractivity contribution in [1.29, 1.82) is 0 Å². The molecule has 2 rings (SSSR count). The van der Waals surface area contributed by atoms with Gasteiger partial charge in [0.2, 0.25) is 0 Å². The van der Waals surface area contributed by atoms with E-state index in [2.05, 4.69) is 45.8 Å². The van der Waals surface area contributed by atoms with Gasteiger partial charge in [-0.3, -0.25) is 4.68 Å². The molecule has 2 aromatic rings. The fraction of sp³-hybridized carbons (Fsp3) is 0.412. The van der Waals surface area contributed by atoms with Gasteiger partial charge in [-0.2, -0.15) is 5.10 Å². The summed E-state index contributed by atoms with van der Waals surface area (Å²) >= 11 is 0. The summed E-state index contributed by atoms with van der Waals surface area (Å²) in [6.07, 6.45) is 1.79. The highest BCUT2D eigenvalue weighted by Gasteiger charge is 2.02. The number of ether oxygens (including phenoxy) is 1. The molecule has 0 aliphatic heterocycles. The number of aryl methyl sites for hydroxylation is 1. The average molecular weight is 443 g/mol. The normalized spacial score (nSPS) is 11.0. The molecule has 24 heavy (non-hydrogen) atoms. The summed E-state index contributed by atoms with van der Waals surface area (Å²) in [4.78, 5) is 4.64. The van der Waals surface area contributed by atoms with Crippen molar-refractivity contribution in [2.24, 2.45) is 12.0 Å². The van der Waals surface area contributed by atoms with Crippen LogP contribution in [0.5, 0.6) is 0 Å².